The zero-order chi connectivity index (χ0) is 10.4. The van der Waals surface area contributed by atoms with Gasteiger partial charge in [-0.25, -0.2) is 0 Å². The largest absolute Gasteiger partial charge is 0.317 e. The Bertz CT molecular complexity index is 255. The Balaban J connectivity index is 2.23. The number of nitrogens with one attached hydrogen (secondary N) is 1. The molecule has 0 aromatic carbocycles. The Kier molecular flexibility index (Phi) is 4.66. The highest BCUT2D eigenvalue weighted by Gasteiger charge is 2.04. The van der Waals surface area contributed by atoms with Gasteiger partial charge in [0.1, 0.15) is 0 Å². The molecule has 0 spiro atoms. The van der Waals surface area contributed by atoms with Gasteiger partial charge in [-0.3, -0.25) is 4.68 Å². The van der Waals surface area contributed by atoms with Crippen LogP contribution >= 0.6 is 0 Å². The lowest BCUT2D eigenvalue weighted by atomic mass is 10.0. The first-order chi connectivity index (χ1) is 6.72. The van der Waals surface area contributed by atoms with Crippen LogP contribution in [0.4, 0.5) is 0 Å². The van der Waals surface area contributed by atoms with Gasteiger partial charge in [0.25, 0.3) is 0 Å². The summed E-state index contributed by atoms with van der Waals surface area (Å²) in [6, 6.07) is 0. The average Bonchev–Trinajstić information content (AvgIpc) is 2.52. The van der Waals surface area contributed by atoms with Crippen LogP contribution in [0, 0.1) is 5.92 Å². The third kappa shape index (κ3) is 3.92. The second kappa shape index (κ2) is 5.81. The summed E-state index contributed by atoms with van der Waals surface area (Å²) < 4.78 is 1.87. The summed E-state index contributed by atoms with van der Waals surface area (Å²) >= 11 is 0. The summed E-state index contributed by atoms with van der Waals surface area (Å²) in [7, 11) is 1.97. The number of aryl methyl sites for hydroxylation is 1. The molecule has 1 heterocycles. The predicted molar refractivity (Wildman–Crippen MR) is 59.2 cm³/mol. The smallest absolute Gasteiger partial charge is 0.0521 e. The molecule has 3 heteroatoms. The van der Waals surface area contributed by atoms with Crippen molar-refractivity contribution in [2.24, 2.45) is 13.0 Å². The molecule has 0 fully saturated rings. The van der Waals surface area contributed by atoms with Crippen molar-refractivity contribution < 1.29 is 0 Å². The first kappa shape index (κ1) is 11.2. The van der Waals surface area contributed by atoms with E-state index in [1.54, 1.807) is 0 Å². The summed E-state index contributed by atoms with van der Waals surface area (Å²) in [5, 5.41) is 7.52. The van der Waals surface area contributed by atoms with Gasteiger partial charge in [-0.05, 0) is 37.4 Å². The zero-order valence-corrected chi connectivity index (χ0v) is 9.45. The Hall–Kier alpha value is -0.830. The van der Waals surface area contributed by atoms with Crippen molar-refractivity contribution in [3.8, 4) is 0 Å². The minimum atomic E-state index is 0.734. The molecule has 0 bridgehead atoms. The summed E-state index contributed by atoms with van der Waals surface area (Å²) in [6.45, 7) is 6.63. The molecule has 0 saturated heterocycles. The van der Waals surface area contributed by atoms with Gasteiger partial charge in [0.2, 0.25) is 0 Å². The molecule has 1 unspecified atom stereocenters. The van der Waals surface area contributed by atoms with Gasteiger partial charge in [0.15, 0.2) is 0 Å². The lowest BCUT2D eigenvalue weighted by Crippen LogP contribution is -2.17. The monoisotopic (exact) mass is 195 g/mol. The number of hydrogen-bond donors (Lipinski definition) is 1. The molecule has 1 aromatic rings. The average molecular weight is 195 g/mol. The maximum Gasteiger partial charge on any atom is 0.0521 e. The van der Waals surface area contributed by atoms with Crippen LogP contribution < -0.4 is 5.32 Å². The van der Waals surface area contributed by atoms with Crippen molar-refractivity contribution in [2.45, 2.75) is 26.7 Å². The van der Waals surface area contributed by atoms with E-state index in [1.165, 1.54) is 12.0 Å². The van der Waals surface area contributed by atoms with Gasteiger partial charge < -0.3 is 5.32 Å². The lowest BCUT2D eigenvalue weighted by molar-refractivity contribution is 0.504. The zero-order valence-electron chi connectivity index (χ0n) is 9.45. The van der Waals surface area contributed by atoms with E-state index in [4.69, 9.17) is 0 Å². The van der Waals surface area contributed by atoms with Gasteiger partial charge in [0.05, 0.1) is 6.20 Å². The SMILES string of the molecule is CCNCCC(C)Cc1cnn(C)c1. The van der Waals surface area contributed by atoms with E-state index in [0.29, 0.717) is 0 Å². The number of rotatable bonds is 6. The molecule has 0 radical (unpaired) electrons. The minimum absolute atomic E-state index is 0.734. The van der Waals surface area contributed by atoms with Gasteiger partial charge >= 0.3 is 0 Å². The second-order valence-corrected chi connectivity index (χ2v) is 3.97. The predicted octanol–water partition coefficient (Wildman–Crippen LogP) is 1.60. The van der Waals surface area contributed by atoms with Gasteiger partial charge in [-0.1, -0.05) is 13.8 Å². The Morgan fingerprint density at radius 2 is 2.36 bits per heavy atom. The van der Waals surface area contributed by atoms with Gasteiger partial charge in [-0.15, -0.1) is 0 Å². The lowest BCUT2D eigenvalue weighted by Gasteiger charge is -2.09. The minimum Gasteiger partial charge on any atom is -0.317 e. The van der Waals surface area contributed by atoms with Gasteiger partial charge in [0, 0.05) is 13.2 Å². The molecule has 1 rings (SSSR count). The Morgan fingerprint density at radius 3 is 2.93 bits per heavy atom. The van der Waals surface area contributed by atoms with Crippen molar-refractivity contribution >= 4 is 0 Å². The highest BCUT2D eigenvalue weighted by atomic mass is 15.2. The highest BCUT2D eigenvalue weighted by molar-refractivity contribution is 5.04. The van der Waals surface area contributed by atoms with E-state index in [1.807, 2.05) is 17.9 Å². The molecule has 0 aliphatic carbocycles. The summed E-state index contributed by atoms with van der Waals surface area (Å²) in [5.74, 6) is 0.734. The van der Waals surface area contributed by atoms with Crippen LogP contribution in [0.25, 0.3) is 0 Å². The molecule has 80 valence electrons. The topological polar surface area (TPSA) is 29.9 Å². The molecule has 1 aromatic heterocycles. The maximum atomic E-state index is 4.17. The van der Waals surface area contributed by atoms with E-state index < -0.39 is 0 Å². The summed E-state index contributed by atoms with van der Waals surface area (Å²) in [6.07, 6.45) is 6.44. The van der Waals surface area contributed by atoms with E-state index in [2.05, 4.69) is 30.5 Å². The summed E-state index contributed by atoms with van der Waals surface area (Å²) in [4.78, 5) is 0. The summed E-state index contributed by atoms with van der Waals surface area (Å²) in [5.41, 5.74) is 1.34. The number of aromatic nitrogens is 2. The quantitative estimate of drug-likeness (QED) is 0.699. The van der Waals surface area contributed by atoms with Crippen molar-refractivity contribution in [3.63, 3.8) is 0 Å². The van der Waals surface area contributed by atoms with Crippen LogP contribution in [-0.4, -0.2) is 22.9 Å². The standard InChI is InChI=1S/C11H21N3/c1-4-12-6-5-10(2)7-11-8-13-14(3)9-11/h8-10,12H,4-7H2,1-3H3. The number of nitrogens with zero attached hydrogens (tertiary/aromatic N) is 2. The van der Waals surface area contributed by atoms with E-state index >= 15 is 0 Å². The van der Waals surface area contributed by atoms with E-state index in [9.17, 15) is 0 Å². The van der Waals surface area contributed by atoms with Crippen molar-refractivity contribution in [3.05, 3.63) is 18.0 Å². The van der Waals surface area contributed by atoms with Crippen LogP contribution in [0.15, 0.2) is 12.4 Å². The number of hydrogen-bond acceptors (Lipinski definition) is 2. The molecule has 0 aliphatic heterocycles. The fourth-order valence-corrected chi connectivity index (χ4v) is 1.61. The van der Waals surface area contributed by atoms with Crippen LogP contribution in [0.3, 0.4) is 0 Å². The normalized spacial score (nSPS) is 13.1. The van der Waals surface area contributed by atoms with Crippen molar-refractivity contribution in [2.75, 3.05) is 13.1 Å². The van der Waals surface area contributed by atoms with E-state index in [-0.39, 0.29) is 0 Å². The van der Waals surface area contributed by atoms with Crippen LogP contribution in [0.1, 0.15) is 25.8 Å². The molecule has 0 aliphatic rings. The molecule has 14 heavy (non-hydrogen) atoms. The maximum absolute atomic E-state index is 4.17. The molecule has 3 nitrogen and oxygen atoms in total. The third-order valence-corrected chi connectivity index (χ3v) is 2.41. The van der Waals surface area contributed by atoms with E-state index in [0.717, 1.165) is 25.4 Å². The first-order valence-corrected chi connectivity index (χ1v) is 5.40. The highest BCUT2D eigenvalue weighted by Crippen LogP contribution is 2.09. The molecular weight excluding hydrogens is 174 g/mol. The third-order valence-electron chi connectivity index (χ3n) is 2.41. The fourth-order valence-electron chi connectivity index (χ4n) is 1.61. The molecule has 1 atom stereocenters. The second-order valence-electron chi connectivity index (χ2n) is 3.97. The molecular formula is C11H21N3. The Labute approximate surface area is 86.5 Å². The molecule has 1 N–H and O–H groups in total. The van der Waals surface area contributed by atoms with Crippen LogP contribution in [-0.2, 0) is 13.5 Å². The van der Waals surface area contributed by atoms with Crippen molar-refractivity contribution in [1.29, 1.82) is 0 Å². The van der Waals surface area contributed by atoms with Crippen LogP contribution in [0.5, 0.6) is 0 Å². The van der Waals surface area contributed by atoms with Gasteiger partial charge in [-0.2, -0.15) is 5.10 Å². The van der Waals surface area contributed by atoms with Crippen molar-refractivity contribution in [1.82, 2.24) is 15.1 Å². The Morgan fingerprint density at radius 1 is 1.57 bits per heavy atom. The fraction of sp³-hybridized carbons (Fsp3) is 0.727. The van der Waals surface area contributed by atoms with Crippen LogP contribution in [0.2, 0.25) is 0 Å². The first-order valence-electron chi connectivity index (χ1n) is 5.40. The molecule has 0 amide bonds. The molecule has 0 saturated carbocycles.